The fourth-order valence-electron chi connectivity index (χ4n) is 2.06. The number of Topliss-reactive ketones (excluding diaryl/α,β-unsaturated/α-hetero) is 1. The van der Waals surface area contributed by atoms with Crippen molar-refractivity contribution in [1.29, 1.82) is 0 Å². The van der Waals surface area contributed by atoms with Crippen LogP contribution in [0.25, 0.3) is 0 Å². The molecule has 3 nitrogen and oxygen atoms in total. The van der Waals surface area contributed by atoms with Crippen molar-refractivity contribution >= 4 is 11.7 Å². The molecule has 1 aliphatic heterocycles. The minimum absolute atomic E-state index is 0.0388. The Labute approximate surface area is 78.1 Å². The van der Waals surface area contributed by atoms with Crippen LogP contribution in [0.3, 0.4) is 0 Å². The lowest BCUT2D eigenvalue weighted by Crippen LogP contribution is -2.33. The van der Waals surface area contributed by atoms with Gasteiger partial charge in [0.1, 0.15) is 5.78 Å². The second-order valence-electron chi connectivity index (χ2n) is 4.13. The Bertz CT molecular complexity index is 245. The van der Waals surface area contributed by atoms with E-state index in [2.05, 4.69) is 0 Å². The van der Waals surface area contributed by atoms with Gasteiger partial charge in [0, 0.05) is 19.5 Å². The monoisotopic (exact) mass is 181 g/mol. The van der Waals surface area contributed by atoms with Gasteiger partial charge in [-0.2, -0.15) is 0 Å². The van der Waals surface area contributed by atoms with Gasteiger partial charge in [0.15, 0.2) is 0 Å². The molecule has 0 aromatic rings. The van der Waals surface area contributed by atoms with Crippen molar-refractivity contribution in [1.82, 2.24) is 4.90 Å². The molecule has 3 heteroatoms. The molecule has 0 spiro atoms. The van der Waals surface area contributed by atoms with Gasteiger partial charge >= 0.3 is 0 Å². The molecule has 1 aliphatic carbocycles. The molecule has 13 heavy (non-hydrogen) atoms. The molecule has 0 N–H and O–H groups in total. The van der Waals surface area contributed by atoms with Crippen LogP contribution in [0.15, 0.2) is 0 Å². The summed E-state index contributed by atoms with van der Waals surface area (Å²) in [6.45, 7) is 0.752. The molecule has 1 unspecified atom stereocenters. The third-order valence-corrected chi connectivity index (χ3v) is 3.28. The molecule has 0 aromatic heterocycles. The van der Waals surface area contributed by atoms with Gasteiger partial charge < -0.3 is 4.90 Å². The third kappa shape index (κ3) is 1.36. The number of likely N-dealkylation sites (tertiary alicyclic amines) is 1. The summed E-state index contributed by atoms with van der Waals surface area (Å²) in [6, 6.07) is 0. The van der Waals surface area contributed by atoms with E-state index in [1.54, 1.807) is 11.9 Å². The zero-order valence-electron chi connectivity index (χ0n) is 7.95. The van der Waals surface area contributed by atoms with Crippen molar-refractivity contribution in [2.75, 3.05) is 13.6 Å². The maximum absolute atomic E-state index is 11.7. The zero-order chi connectivity index (χ0) is 9.42. The number of carbonyl (C=O) groups is 2. The van der Waals surface area contributed by atoms with Gasteiger partial charge in [-0.1, -0.05) is 6.42 Å². The molecule has 1 amide bonds. The highest BCUT2D eigenvalue weighted by atomic mass is 16.2. The van der Waals surface area contributed by atoms with Crippen molar-refractivity contribution in [2.45, 2.75) is 25.7 Å². The standard InChI is InChI=1S/C10H15NO2/c1-11-6-5-8(10(11)13)9(12)7-3-2-4-7/h7-8H,2-6H2,1H3. The topological polar surface area (TPSA) is 37.4 Å². The van der Waals surface area contributed by atoms with Crippen LogP contribution in [0.1, 0.15) is 25.7 Å². The summed E-state index contributed by atoms with van der Waals surface area (Å²) in [7, 11) is 1.77. The molecule has 1 atom stereocenters. The van der Waals surface area contributed by atoms with Gasteiger partial charge in [-0.3, -0.25) is 9.59 Å². The summed E-state index contributed by atoms with van der Waals surface area (Å²) in [6.07, 6.45) is 3.91. The summed E-state index contributed by atoms with van der Waals surface area (Å²) < 4.78 is 0. The van der Waals surface area contributed by atoms with Crippen LogP contribution in [-0.2, 0) is 9.59 Å². The third-order valence-electron chi connectivity index (χ3n) is 3.28. The summed E-state index contributed by atoms with van der Waals surface area (Å²) in [5.41, 5.74) is 0. The number of carbonyl (C=O) groups excluding carboxylic acids is 2. The second kappa shape index (κ2) is 3.13. The van der Waals surface area contributed by atoms with Crippen LogP contribution in [0.5, 0.6) is 0 Å². The molecule has 0 radical (unpaired) electrons. The first kappa shape index (κ1) is 8.73. The second-order valence-corrected chi connectivity index (χ2v) is 4.13. The molecular formula is C10H15NO2. The fraction of sp³-hybridized carbons (Fsp3) is 0.800. The lowest BCUT2D eigenvalue weighted by atomic mass is 9.77. The van der Waals surface area contributed by atoms with Crippen LogP contribution in [0, 0.1) is 11.8 Å². The van der Waals surface area contributed by atoms with Crippen LogP contribution >= 0.6 is 0 Å². The SMILES string of the molecule is CN1CCC(C(=O)C2CCC2)C1=O. The molecule has 2 rings (SSSR count). The summed E-state index contributed by atoms with van der Waals surface area (Å²) in [4.78, 5) is 24.9. The van der Waals surface area contributed by atoms with E-state index >= 15 is 0 Å². The van der Waals surface area contributed by atoms with E-state index in [1.807, 2.05) is 0 Å². The molecule has 0 aromatic carbocycles. The number of ketones is 1. The molecule has 1 saturated carbocycles. The van der Waals surface area contributed by atoms with Gasteiger partial charge in [-0.05, 0) is 19.3 Å². The van der Waals surface area contributed by atoms with Crippen molar-refractivity contribution in [3.63, 3.8) is 0 Å². The predicted molar refractivity (Wildman–Crippen MR) is 48.1 cm³/mol. The first-order valence-electron chi connectivity index (χ1n) is 4.99. The van der Waals surface area contributed by atoms with Crippen molar-refractivity contribution in [2.24, 2.45) is 11.8 Å². The molecular weight excluding hydrogens is 166 g/mol. The molecule has 1 heterocycles. The summed E-state index contributed by atoms with van der Waals surface area (Å²) in [5.74, 6) is 0.160. The summed E-state index contributed by atoms with van der Waals surface area (Å²) in [5, 5.41) is 0. The van der Waals surface area contributed by atoms with Crippen LogP contribution < -0.4 is 0 Å². The summed E-state index contributed by atoms with van der Waals surface area (Å²) >= 11 is 0. The van der Waals surface area contributed by atoms with Crippen molar-refractivity contribution in [3.8, 4) is 0 Å². The van der Waals surface area contributed by atoms with Gasteiger partial charge in [0.25, 0.3) is 0 Å². The molecule has 72 valence electrons. The largest absolute Gasteiger partial charge is 0.345 e. The lowest BCUT2D eigenvalue weighted by molar-refractivity contribution is -0.139. The van der Waals surface area contributed by atoms with Crippen LogP contribution in [0.4, 0.5) is 0 Å². The van der Waals surface area contributed by atoms with Crippen molar-refractivity contribution in [3.05, 3.63) is 0 Å². The Balaban J connectivity index is 2.00. The number of hydrogen-bond donors (Lipinski definition) is 0. The first-order chi connectivity index (χ1) is 6.20. The number of hydrogen-bond acceptors (Lipinski definition) is 2. The normalized spacial score (nSPS) is 29.2. The average molecular weight is 181 g/mol. The fourth-order valence-corrected chi connectivity index (χ4v) is 2.06. The Hall–Kier alpha value is -0.860. The highest BCUT2D eigenvalue weighted by Gasteiger charge is 2.39. The van der Waals surface area contributed by atoms with E-state index < -0.39 is 0 Å². The van der Waals surface area contributed by atoms with Gasteiger partial charge in [-0.15, -0.1) is 0 Å². The smallest absolute Gasteiger partial charge is 0.232 e. The van der Waals surface area contributed by atoms with E-state index in [0.717, 1.165) is 32.2 Å². The van der Waals surface area contributed by atoms with E-state index in [1.165, 1.54) is 0 Å². The highest BCUT2D eigenvalue weighted by Crippen LogP contribution is 2.32. The minimum atomic E-state index is -0.296. The molecule has 0 bridgehead atoms. The minimum Gasteiger partial charge on any atom is -0.345 e. The van der Waals surface area contributed by atoms with E-state index in [4.69, 9.17) is 0 Å². The predicted octanol–water partition coefficient (Wildman–Crippen LogP) is 0.834. The quantitative estimate of drug-likeness (QED) is 0.592. The van der Waals surface area contributed by atoms with Crippen molar-refractivity contribution < 1.29 is 9.59 Å². The van der Waals surface area contributed by atoms with Gasteiger partial charge in [-0.25, -0.2) is 0 Å². The Kier molecular flexibility index (Phi) is 2.10. The van der Waals surface area contributed by atoms with E-state index in [9.17, 15) is 9.59 Å². The lowest BCUT2D eigenvalue weighted by Gasteiger charge is -2.25. The van der Waals surface area contributed by atoms with E-state index in [0.29, 0.717) is 0 Å². The first-order valence-corrected chi connectivity index (χ1v) is 4.99. The zero-order valence-corrected chi connectivity index (χ0v) is 7.95. The maximum Gasteiger partial charge on any atom is 0.232 e. The highest BCUT2D eigenvalue weighted by molar-refractivity contribution is 6.03. The Morgan fingerprint density at radius 3 is 2.46 bits per heavy atom. The number of amides is 1. The van der Waals surface area contributed by atoms with E-state index in [-0.39, 0.29) is 23.5 Å². The number of nitrogens with zero attached hydrogens (tertiary/aromatic N) is 1. The maximum atomic E-state index is 11.7. The van der Waals surface area contributed by atoms with Crippen LogP contribution in [0.2, 0.25) is 0 Å². The molecule has 2 aliphatic rings. The average Bonchev–Trinajstić information content (AvgIpc) is 2.29. The molecule has 2 fully saturated rings. The van der Waals surface area contributed by atoms with Gasteiger partial charge in [0.2, 0.25) is 5.91 Å². The van der Waals surface area contributed by atoms with Gasteiger partial charge in [0.05, 0.1) is 5.92 Å². The molecule has 1 saturated heterocycles. The van der Waals surface area contributed by atoms with Crippen LogP contribution in [-0.4, -0.2) is 30.2 Å². The Morgan fingerprint density at radius 2 is 2.08 bits per heavy atom. The Morgan fingerprint density at radius 1 is 1.38 bits per heavy atom. The number of rotatable bonds is 2.